The van der Waals surface area contributed by atoms with Crippen molar-refractivity contribution in [1.29, 1.82) is 0 Å². The van der Waals surface area contributed by atoms with E-state index in [-0.39, 0.29) is 17.9 Å². The average Bonchev–Trinajstić information content (AvgIpc) is 2.68. The van der Waals surface area contributed by atoms with Crippen molar-refractivity contribution < 1.29 is 23.9 Å². The third kappa shape index (κ3) is 8.86. The number of rotatable bonds is 5. The van der Waals surface area contributed by atoms with Crippen molar-refractivity contribution in [2.24, 2.45) is 5.92 Å². The number of anilines is 1. The lowest BCUT2D eigenvalue weighted by Crippen LogP contribution is -2.48. The van der Waals surface area contributed by atoms with E-state index in [2.05, 4.69) is 20.7 Å². The quantitative estimate of drug-likeness (QED) is 0.640. The van der Waals surface area contributed by atoms with E-state index in [4.69, 9.17) is 4.74 Å². The minimum absolute atomic E-state index is 0.0697. The van der Waals surface area contributed by atoms with Gasteiger partial charge in [0.1, 0.15) is 5.60 Å². The maximum Gasteiger partial charge on any atom is 0.411 e. The molecule has 1 aliphatic rings. The summed E-state index contributed by atoms with van der Waals surface area (Å²) in [7, 11) is 1.31. The van der Waals surface area contributed by atoms with E-state index >= 15 is 0 Å². The Bertz CT molecular complexity index is 743. The van der Waals surface area contributed by atoms with Crippen LogP contribution in [-0.4, -0.2) is 36.8 Å². The first-order valence-corrected chi connectivity index (χ1v) is 10.9. The van der Waals surface area contributed by atoms with Crippen LogP contribution in [0.25, 0.3) is 0 Å². The van der Waals surface area contributed by atoms with Crippen molar-refractivity contribution in [3.05, 3.63) is 29.8 Å². The molecular formula is C23H35N3O5. The van der Waals surface area contributed by atoms with Gasteiger partial charge in [-0.2, -0.15) is 0 Å². The van der Waals surface area contributed by atoms with Crippen LogP contribution in [0.1, 0.15) is 64.9 Å². The summed E-state index contributed by atoms with van der Waals surface area (Å²) in [5.74, 6) is -0.368. The monoisotopic (exact) mass is 433 g/mol. The summed E-state index contributed by atoms with van der Waals surface area (Å²) in [4.78, 5) is 36.6. The lowest BCUT2D eigenvalue weighted by Gasteiger charge is -2.30. The molecule has 0 spiro atoms. The van der Waals surface area contributed by atoms with Crippen LogP contribution in [0.3, 0.4) is 0 Å². The van der Waals surface area contributed by atoms with Crippen molar-refractivity contribution in [2.45, 2.75) is 77.5 Å². The highest BCUT2D eigenvalue weighted by Crippen LogP contribution is 2.24. The Hall–Kier alpha value is -2.77. The van der Waals surface area contributed by atoms with Gasteiger partial charge in [-0.25, -0.2) is 9.59 Å². The fourth-order valence-electron chi connectivity index (χ4n) is 3.63. The highest BCUT2D eigenvalue weighted by molar-refractivity contribution is 5.84. The fourth-order valence-corrected chi connectivity index (χ4v) is 3.63. The molecule has 1 aromatic carbocycles. The summed E-state index contributed by atoms with van der Waals surface area (Å²) in [6.07, 6.45) is 4.60. The first-order valence-electron chi connectivity index (χ1n) is 10.9. The highest BCUT2D eigenvalue weighted by atomic mass is 16.6. The maximum atomic E-state index is 13.0. The number of carbonyl (C=O) groups excluding carboxylic acids is 3. The predicted molar refractivity (Wildman–Crippen MR) is 119 cm³/mol. The van der Waals surface area contributed by atoms with E-state index in [1.807, 2.05) is 32.9 Å². The van der Waals surface area contributed by atoms with Gasteiger partial charge in [0.25, 0.3) is 0 Å². The van der Waals surface area contributed by atoms with Gasteiger partial charge in [-0.05, 0) is 51.3 Å². The average molecular weight is 434 g/mol. The van der Waals surface area contributed by atoms with Gasteiger partial charge in [-0.15, -0.1) is 0 Å². The summed E-state index contributed by atoms with van der Waals surface area (Å²) >= 11 is 0. The van der Waals surface area contributed by atoms with Crippen LogP contribution >= 0.6 is 0 Å². The molecule has 3 N–H and O–H groups in total. The van der Waals surface area contributed by atoms with Crippen LogP contribution < -0.4 is 16.0 Å². The van der Waals surface area contributed by atoms with Crippen LogP contribution in [0.5, 0.6) is 0 Å². The summed E-state index contributed by atoms with van der Waals surface area (Å²) in [5.41, 5.74) is 0.938. The van der Waals surface area contributed by atoms with Gasteiger partial charge >= 0.3 is 12.2 Å². The number of amides is 3. The molecule has 2 atom stereocenters. The molecule has 31 heavy (non-hydrogen) atoms. The molecule has 0 aliphatic heterocycles. The number of hydrogen-bond acceptors (Lipinski definition) is 5. The van der Waals surface area contributed by atoms with E-state index in [0.29, 0.717) is 12.2 Å². The zero-order valence-electron chi connectivity index (χ0n) is 19.0. The molecule has 2 rings (SSSR count). The topological polar surface area (TPSA) is 106 Å². The van der Waals surface area contributed by atoms with Crippen LogP contribution in [0.2, 0.25) is 0 Å². The zero-order valence-corrected chi connectivity index (χ0v) is 19.0. The lowest BCUT2D eigenvalue weighted by molar-refractivity contribution is -0.126. The molecule has 0 saturated heterocycles. The van der Waals surface area contributed by atoms with Crippen molar-refractivity contribution >= 4 is 23.8 Å². The predicted octanol–water partition coefficient (Wildman–Crippen LogP) is 4.34. The van der Waals surface area contributed by atoms with Crippen molar-refractivity contribution in [3.8, 4) is 0 Å². The third-order valence-electron chi connectivity index (χ3n) is 5.16. The molecule has 8 heteroatoms. The lowest BCUT2D eigenvalue weighted by atomic mass is 9.86. The summed E-state index contributed by atoms with van der Waals surface area (Å²) in [6, 6.07) is 6.92. The smallest absolute Gasteiger partial charge is 0.411 e. The standard InChI is InChI=1S/C23H35N3O5/c1-23(2,3)31-22(29)26-19-10-8-6-5-7-9-18(19)20(27)24-15-16-11-13-17(14-12-16)25-21(28)30-4/h11-14,18-19H,5-10,15H2,1-4H3,(H,24,27)(H,25,28)(H,26,29)/t18-,19-/m1/s1. The first-order chi connectivity index (χ1) is 14.7. The van der Waals surface area contributed by atoms with Gasteiger partial charge in [0.2, 0.25) is 5.91 Å². The molecule has 3 amide bonds. The Balaban J connectivity index is 1.96. The molecule has 1 aromatic rings. The van der Waals surface area contributed by atoms with Crippen molar-refractivity contribution in [1.82, 2.24) is 10.6 Å². The Labute approximate surface area is 184 Å². The van der Waals surface area contributed by atoms with Crippen LogP contribution in [-0.2, 0) is 20.8 Å². The Morgan fingerprint density at radius 2 is 1.61 bits per heavy atom. The second-order valence-electron chi connectivity index (χ2n) is 8.88. The molecule has 1 aliphatic carbocycles. The van der Waals surface area contributed by atoms with Gasteiger partial charge in [-0.1, -0.05) is 37.8 Å². The summed E-state index contributed by atoms with van der Waals surface area (Å²) in [5, 5.41) is 8.51. The van der Waals surface area contributed by atoms with E-state index in [1.165, 1.54) is 7.11 Å². The van der Waals surface area contributed by atoms with Crippen LogP contribution in [0.4, 0.5) is 15.3 Å². The van der Waals surface area contributed by atoms with Gasteiger partial charge in [-0.3, -0.25) is 10.1 Å². The van der Waals surface area contributed by atoms with E-state index in [9.17, 15) is 14.4 Å². The maximum absolute atomic E-state index is 13.0. The molecule has 0 heterocycles. The SMILES string of the molecule is COC(=O)Nc1ccc(CNC(=O)[C@@H]2CCCCCC[C@H]2NC(=O)OC(C)(C)C)cc1. The molecule has 8 nitrogen and oxygen atoms in total. The molecule has 0 aromatic heterocycles. The van der Waals surface area contributed by atoms with Gasteiger partial charge in [0.05, 0.1) is 13.0 Å². The Morgan fingerprint density at radius 3 is 2.23 bits per heavy atom. The van der Waals surface area contributed by atoms with E-state index in [1.54, 1.807) is 12.1 Å². The zero-order chi connectivity index (χ0) is 22.9. The third-order valence-corrected chi connectivity index (χ3v) is 5.16. The second kappa shape index (κ2) is 11.6. The molecule has 1 saturated carbocycles. The molecule has 0 unspecified atom stereocenters. The molecule has 172 valence electrons. The van der Waals surface area contributed by atoms with Gasteiger partial charge in [0.15, 0.2) is 0 Å². The van der Waals surface area contributed by atoms with Crippen molar-refractivity contribution in [2.75, 3.05) is 12.4 Å². The number of methoxy groups -OCH3 is 1. The van der Waals surface area contributed by atoms with Crippen molar-refractivity contribution in [3.63, 3.8) is 0 Å². The number of hydrogen-bond donors (Lipinski definition) is 3. The molecule has 0 radical (unpaired) electrons. The minimum atomic E-state index is -0.585. The highest BCUT2D eigenvalue weighted by Gasteiger charge is 2.31. The number of ether oxygens (including phenoxy) is 2. The van der Waals surface area contributed by atoms with Gasteiger partial charge in [0, 0.05) is 18.3 Å². The van der Waals surface area contributed by atoms with Gasteiger partial charge < -0.3 is 20.1 Å². The fraction of sp³-hybridized carbons (Fsp3) is 0.609. The second-order valence-corrected chi connectivity index (χ2v) is 8.88. The summed E-state index contributed by atoms with van der Waals surface area (Å²) in [6.45, 7) is 5.83. The largest absolute Gasteiger partial charge is 0.453 e. The number of carbonyl (C=O) groups is 3. The minimum Gasteiger partial charge on any atom is -0.453 e. The van der Waals surface area contributed by atoms with E-state index in [0.717, 1.165) is 44.1 Å². The Kier molecular flexibility index (Phi) is 9.15. The number of alkyl carbamates (subject to hydrolysis) is 1. The first kappa shape index (κ1) is 24.5. The van der Waals surface area contributed by atoms with E-state index < -0.39 is 17.8 Å². The normalized spacial score (nSPS) is 19.4. The Morgan fingerprint density at radius 1 is 0.968 bits per heavy atom. The summed E-state index contributed by atoms with van der Waals surface area (Å²) < 4.78 is 9.96. The number of nitrogens with one attached hydrogen (secondary N) is 3. The molecular weight excluding hydrogens is 398 g/mol. The van der Waals surface area contributed by atoms with Crippen LogP contribution in [0.15, 0.2) is 24.3 Å². The molecule has 0 bridgehead atoms. The van der Waals surface area contributed by atoms with Crippen LogP contribution in [0, 0.1) is 5.92 Å². The molecule has 1 fully saturated rings. The number of benzene rings is 1.